The lowest BCUT2D eigenvalue weighted by atomic mass is 10.1. The highest BCUT2D eigenvalue weighted by atomic mass is 19.1. The molecule has 0 aliphatic carbocycles. The fourth-order valence-corrected chi connectivity index (χ4v) is 1.11. The molecule has 0 aliphatic rings. The molecule has 1 rings (SSSR count). The second-order valence-corrected chi connectivity index (χ2v) is 2.95. The summed E-state index contributed by atoms with van der Waals surface area (Å²) in [6.45, 7) is 0. The molecule has 0 saturated carbocycles. The van der Waals surface area contributed by atoms with Crippen LogP contribution in [-0.4, -0.2) is 4.92 Å². The van der Waals surface area contributed by atoms with Crippen LogP contribution in [0.2, 0.25) is 0 Å². The number of nitrogens with two attached hydrogens (primary N) is 1. The maximum atomic E-state index is 13.2. The van der Waals surface area contributed by atoms with Gasteiger partial charge in [-0.3, -0.25) is 10.1 Å². The van der Waals surface area contributed by atoms with Gasteiger partial charge in [-0.2, -0.15) is 5.26 Å². The number of rotatable bonds is 3. The van der Waals surface area contributed by atoms with Crippen LogP contribution < -0.4 is 5.73 Å². The molecule has 0 spiro atoms. The van der Waals surface area contributed by atoms with Gasteiger partial charge in [-0.25, -0.2) is 4.39 Å². The smallest absolute Gasteiger partial charge is 0.273 e. The van der Waals surface area contributed by atoms with Crippen LogP contribution in [-0.2, 0) is 0 Å². The molecule has 0 bridgehead atoms. The number of anilines is 1. The maximum absolute atomic E-state index is 13.2. The minimum atomic E-state index is -0.842. The molecule has 0 heterocycles. The number of allylic oxidation sites excluding steroid dienone is 1. The normalized spacial score (nSPS) is 10.2. The largest absolute Gasteiger partial charge is 0.396 e. The van der Waals surface area contributed by atoms with Crippen molar-refractivity contribution in [1.82, 2.24) is 0 Å². The lowest BCUT2D eigenvalue weighted by Crippen LogP contribution is -1.97. The molecule has 16 heavy (non-hydrogen) atoms. The van der Waals surface area contributed by atoms with E-state index in [1.807, 2.05) is 6.07 Å². The van der Waals surface area contributed by atoms with Gasteiger partial charge in [0.05, 0.1) is 29.2 Å². The number of nitro groups is 1. The van der Waals surface area contributed by atoms with E-state index in [9.17, 15) is 14.5 Å². The fourth-order valence-electron chi connectivity index (χ4n) is 1.11. The molecular weight excluding hydrogens is 213 g/mol. The Morgan fingerprint density at radius 1 is 1.62 bits per heavy atom. The van der Waals surface area contributed by atoms with Crippen molar-refractivity contribution in [3.8, 4) is 6.07 Å². The lowest BCUT2D eigenvalue weighted by molar-refractivity contribution is -0.385. The minimum absolute atomic E-state index is 0.129. The van der Waals surface area contributed by atoms with Crippen molar-refractivity contribution in [2.45, 2.75) is 6.42 Å². The average molecular weight is 221 g/mol. The number of hydrogen-bond acceptors (Lipinski definition) is 4. The van der Waals surface area contributed by atoms with Gasteiger partial charge >= 0.3 is 0 Å². The number of nitro benzene ring substituents is 1. The van der Waals surface area contributed by atoms with Crippen LogP contribution in [0.5, 0.6) is 0 Å². The first-order valence-electron chi connectivity index (χ1n) is 4.33. The first-order chi connectivity index (χ1) is 7.56. The zero-order valence-electron chi connectivity index (χ0n) is 8.18. The highest BCUT2D eigenvalue weighted by molar-refractivity contribution is 5.68. The molecule has 1 aromatic carbocycles. The third-order valence-corrected chi connectivity index (χ3v) is 1.86. The van der Waals surface area contributed by atoms with Gasteiger partial charge in [-0.05, 0) is 0 Å². The number of benzene rings is 1. The molecule has 0 radical (unpaired) electrons. The van der Waals surface area contributed by atoms with E-state index in [0.717, 1.165) is 12.1 Å². The summed E-state index contributed by atoms with van der Waals surface area (Å²) in [7, 11) is 0. The number of non-ortho nitro benzene ring substituents is 1. The minimum Gasteiger partial charge on any atom is -0.396 e. The predicted molar refractivity (Wildman–Crippen MR) is 56.7 cm³/mol. The van der Waals surface area contributed by atoms with Crippen molar-refractivity contribution in [2.75, 3.05) is 5.73 Å². The van der Waals surface area contributed by atoms with Crippen molar-refractivity contribution < 1.29 is 9.31 Å². The number of nitrogen functional groups attached to an aromatic ring is 1. The molecule has 0 amide bonds. The SMILES string of the molecule is N#CCC=Cc1cc([N+](=O)[O-])cc(F)c1N. The van der Waals surface area contributed by atoms with E-state index >= 15 is 0 Å². The van der Waals surface area contributed by atoms with Crippen LogP contribution in [0.4, 0.5) is 15.8 Å². The maximum Gasteiger partial charge on any atom is 0.273 e. The van der Waals surface area contributed by atoms with Crippen molar-refractivity contribution >= 4 is 17.5 Å². The Bertz CT molecular complexity index is 492. The Kier molecular flexibility index (Phi) is 3.56. The quantitative estimate of drug-likeness (QED) is 0.481. The van der Waals surface area contributed by atoms with Gasteiger partial charge in [-0.15, -0.1) is 0 Å². The fraction of sp³-hybridized carbons (Fsp3) is 0.100. The first-order valence-corrected chi connectivity index (χ1v) is 4.33. The third-order valence-electron chi connectivity index (χ3n) is 1.86. The van der Waals surface area contributed by atoms with E-state index in [1.165, 1.54) is 12.2 Å². The Morgan fingerprint density at radius 2 is 2.31 bits per heavy atom. The van der Waals surface area contributed by atoms with Gasteiger partial charge in [0.25, 0.3) is 5.69 Å². The zero-order chi connectivity index (χ0) is 12.1. The third kappa shape index (κ3) is 2.54. The van der Waals surface area contributed by atoms with Crippen LogP contribution in [0.3, 0.4) is 0 Å². The molecular formula is C10H8FN3O2. The molecule has 0 saturated heterocycles. The molecule has 0 aliphatic heterocycles. The summed E-state index contributed by atoms with van der Waals surface area (Å²) in [6, 6.07) is 3.77. The molecule has 0 atom stereocenters. The van der Waals surface area contributed by atoms with Crippen LogP contribution >= 0.6 is 0 Å². The molecule has 0 unspecified atom stereocenters. The topological polar surface area (TPSA) is 92.9 Å². The van der Waals surface area contributed by atoms with Gasteiger partial charge in [0.15, 0.2) is 5.82 Å². The Labute approximate surface area is 90.8 Å². The van der Waals surface area contributed by atoms with Gasteiger partial charge < -0.3 is 5.73 Å². The highest BCUT2D eigenvalue weighted by Gasteiger charge is 2.12. The predicted octanol–water partition coefficient (Wildman–Crippen LogP) is 2.24. The molecule has 0 aromatic heterocycles. The summed E-state index contributed by atoms with van der Waals surface area (Å²) in [5.74, 6) is -0.842. The van der Waals surface area contributed by atoms with Gasteiger partial charge in [-0.1, -0.05) is 12.2 Å². The molecule has 82 valence electrons. The molecule has 5 nitrogen and oxygen atoms in total. The van der Waals surface area contributed by atoms with Crippen molar-refractivity contribution in [3.63, 3.8) is 0 Å². The summed E-state index contributed by atoms with van der Waals surface area (Å²) >= 11 is 0. The number of halogens is 1. The van der Waals surface area contributed by atoms with Crippen LogP contribution in [0.25, 0.3) is 6.08 Å². The van der Waals surface area contributed by atoms with Crippen molar-refractivity contribution in [2.24, 2.45) is 0 Å². The van der Waals surface area contributed by atoms with E-state index in [2.05, 4.69) is 0 Å². The summed E-state index contributed by atoms with van der Waals surface area (Å²) < 4.78 is 13.2. The highest BCUT2D eigenvalue weighted by Crippen LogP contribution is 2.24. The monoisotopic (exact) mass is 221 g/mol. The Hall–Kier alpha value is -2.42. The van der Waals surface area contributed by atoms with E-state index in [-0.39, 0.29) is 23.4 Å². The zero-order valence-corrected chi connectivity index (χ0v) is 8.18. The number of nitrogens with zero attached hydrogens (tertiary/aromatic N) is 2. The standard InChI is InChI=1S/C10H8FN3O2/c11-9-6-8(14(15)16)5-7(10(9)13)3-1-2-4-12/h1,3,5-6H,2,13H2. The van der Waals surface area contributed by atoms with Crippen LogP contribution in [0, 0.1) is 27.3 Å². The summed E-state index contributed by atoms with van der Waals surface area (Å²) in [6.07, 6.45) is 2.97. The molecule has 0 fully saturated rings. The van der Waals surface area contributed by atoms with E-state index < -0.39 is 10.7 Å². The number of nitriles is 1. The van der Waals surface area contributed by atoms with E-state index in [4.69, 9.17) is 11.0 Å². The summed E-state index contributed by atoms with van der Waals surface area (Å²) in [5.41, 5.74) is 5.06. The van der Waals surface area contributed by atoms with Gasteiger partial charge in [0.2, 0.25) is 0 Å². The van der Waals surface area contributed by atoms with Crippen molar-refractivity contribution in [3.05, 3.63) is 39.7 Å². The second-order valence-electron chi connectivity index (χ2n) is 2.95. The average Bonchev–Trinajstić information content (AvgIpc) is 2.24. The van der Waals surface area contributed by atoms with Gasteiger partial charge in [0, 0.05) is 11.6 Å². The second kappa shape index (κ2) is 4.89. The van der Waals surface area contributed by atoms with Crippen LogP contribution in [0.1, 0.15) is 12.0 Å². The molecule has 1 aromatic rings. The number of hydrogen-bond donors (Lipinski definition) is 1. The summed E-state index contributed by atoms with van der Waals surface area (Å²) in [4.78, 5) is 9.76. The lowest BCUT2D eigenvalue weighted by Gasteiger charge is -2.01. The van der Waals surface area contributed by atoms with Gasteiger partial charge in [0.1, 0.15) is 0 Å². The molecule has 2 N–H and O–H groups in total. The Balaban J connectivity index is 3.17. The first kappa shape index (κ1) is 11.7. The summed E-state index contributed by atoms with van der Waals surface area (Å²) in [5, 5.41) is 18.8. The Morgan fingerprint density at radius 3 is 2.88 bits per heavy atom. The van der Waals surface area contributed by atoms with E-state index in [0.29, 0.717) is 0 Å². The van der Waals surface area contributed by atoms with Crippen LogP contribution in [0.15, 0.2) is 18.2 Å². The van der Waals surface area contributed by atoms with E-state index in [1.54, 1.807) is 0 Å². The van der Waals surface area contributed by atoms with Crippen molar-refractivity contribution in [1.29, 1.82) is 5.26 Å². The molecule has 6 heteroatoms.